The lowest BCUT2D eigenvalue weighted by Crippen LogP contribution is -2.37. The number of aromatic nitrogens is 1. The van der Waals surface area contributed by atoms with Crippen LogP contribution < -0.4 is 4.72 Å². The molecule has 1 saturated carbocycles. The average Bonchev–Trinajstić information content (AvgIpc) is 2.54. The molecule has 1 N–H and O–H groups in total. The summed E-state index contributed by atoms with van der Waals surface area (Å²) in [5, 5.41) is -1.01. The zero-order valence-electron chi connectivity index (χ0n) is 14.1. The molecule has 0 spiro atoms. The fourth-order valence-electron chi connectivity index (χ4n) is 2.94. The lowest BCUT2D eigenvalue weighted by Gasteiger charge is -2.22. The molecule has 0 bridgehead atoms. The largest absolute Gasteiger partial charge is 0.419 e. The zero-order valence-corrected chi connectivity index (χ0v) is 14.9. The van der Waals surface area contributed by atoms with Crippen molar-refractivity contribution in [1.82, 2.24) is 9.71 Å². The van der Waals surface area contributed by atoms with Crippen LogP contribution in [0, 0.1) is 5.92 Å². The van der Waals surface area contributed by atoms with E-state index in [2.05, 4.69) is 9.71 Å². The molecular weight excluding hydrogens is 357 g/mol. The van der Waals surface area contributed by atoms with Gasteiger partial charge in [0.1, 0.15) is 0 Å². The van der Waals surface area contributed by atoms with Gasteiger partial charge in [0.25, 0.3) is 10.0 Å². The van der Waals surface area contributed by atoms with Crippen LogP contribution in [0.4, 0.5) is 13.2 Å². The number of nitrogens with one attached hydrogen (secondary N) is 1. The fraction of sp³-hybridized carbons (Fsp3) is 0.688. The maximum atomic E-state index is 13.0. The van der Waals surface area contributed by atoms with Crippen molar-refractivity contribution < 1.29 is 26.3 Å². The highest BCUT2D eigenvalue weighted by Gasteiger charge is 2.38. The minimum absolute atomic E-state index is 0.101. The van der Waals surface area contributed by atoms with Gasteiger partial charge in [-0.1, -0.05) is 19.3 Å². The van der Waals surface area contributed by atoms with Crippen LogP contribution in [0.2, 0.25) is 0 Å². The fourth-order valence-corrected chi connectivity index (χ4v) is 4.32. The van der Waals surface area contributed by atoms with Crippen LogP contribution in [0.5, 0.6) is 0 Å². The molecule has 1 fully saturated rings. The van der Waals surface area contributed by atoms with Crippen molar-refractivity contribution in [2.45, 2.75) is 56.3 Å². The van der Waals surface area contributed by atoms with E-state index in [9.17, 15) is 21.6 Å². The molecule has 0 aromatic carbocycles. The standard InChI is InChI=1S/C16H23F3N2O3S/c1-12(10-24-11-13-6-3-2-4-7-13)21-25(22,23)15-14(16(17,18)19)8-5-9-20-15/h5,8-9,12-13,21H,2-4,6-7,10-11H2,1H3. The van der Waals surface area contributed by atoms with E-state index >= 15 is 0 Å². The molecular formula is C16H23F3N2O3S. The first-order chi connectivity index (χ1) is 11.7. The third-order valence-electron chi connectivity index (χ3n) is 4.13. The highest BCUT2D eigenvalue weighted by Crippen LogP contribution is 2.32. The highest BCUT2D eigenvalue weighted by atomic mass is 32.2. The summed E-state index contributed by atoms with van der Waals surface area (Å²) in [4.78, 5) is 3.41. The van der Waals surface area contributed by atoms with Gasteiger partial charge in [-0.05, 0) is 37.8 Å². The second-order valence-corrected chi connectivity index (χ2v) is 8.05. The van der Waals surface area contributed by atoms with Crippen LogP contribution in [-0.2, 0) is 20.9 Å². The van der Waals surface area contributed by atoms with E-state index in [-0.39, 0.29) is 6.61 Å². The molecule has 5 nitrogen and oxygen atoms in total. The van der Waals surface area contributed by atoms with E-state index in [0.717, 1.165) is 25.1 Å². The smallest absolute Gasteiger partial charge is 0.380 e. The Morgan fingerprint density at radius 1 is 1.32 bits per heavy atom. The van der Waals surface area contributed by atoms with Crippen LogP contribution in [0.1, 0.15) is 44.6 Å². The molecule has 0 amide bonds. The number of pyridine rings is 1. The van der Waals surface area contributed by atoms with Crippen LogP contribution in [0.3, 0.4) is 0 Å². The number of nitrogens with zero attached hydrogens (tertiary/aromatic N) is 1. The summed E-state index contributed by atoms with van der Waals surface area (Å²) in [7, 11) is -4.39. The van der Waals surface area contributed by atoms with Gasteiger partial charge in [0.15, 0.2) is 5.03 Å². The van der Waals surface area contributed by atoms with Gasteiger partial charge in [0.2, 0.25) is 0 Å². The molecule has 9 heteroatoms. The minimum Gasteiger partial charge on any atom is -0.380 e. The van der Waals surface area contributed by atoms with E-state index < -0.39 is 32.8 Å². The Morgan fingerprint density at radius 3 is 2.64 bits per heavy atom. The maximum Gasteiger partial charge on any atom is 0.419 e. The molecule has 0 saturated heterocycles. The van der Waals surface area contributed by atoms with Gasteiger partial charge in [-0.2, -0.15) is 13.2 Å². The van der Waals surface area contributed by atoms with Crippen molar-refractivity contribution in [2.75, 3.05) is 13.2 Å². The molecule has 25 heavy (non-hydrogen) atoms. The number of rotatable bonds is 7. The van der Waals surface area contributed by atoms with Gasteiger partial charge >= 0.3 is 6.18 Å². The summed E-state index contributed by atoms with van der Waals surface area (Å²) in [6.07, 6.45) is 2.02. The Hall–Kier alpha value is -1.19. The van der Waals surface area contributed by atoms with Crippen LogP contribution in [0.25, 0.3) is 0 Å². The number of ether oxygens (including phenoxy) is 1. The minimum atomic E-state index is -4.79. The van der Waals surface area contributed by atoms with Crippen molar-refractivity contribution in [1.29, 1.82) is 0 Å². The summed E-state index contributed by atoms with van der Waals surface area (Å²) in [6, 6.07) is 1.10. The summed E-state index contributed by atoms with van der Waals surface area (Å²) < 4.78 is 71.1. The average molecular weight is 380 g/mol. The molecule has 1 heterocycles. The van der Waals surface area contributed by atoms with Crippen molar-refractivity contribution in [3.8, 4) is 0 Å². The van der Waals surface area contributed by atoms with E-state index in [0.29, 0.717) is 18.6 Å². The van der Waals surface area contributed by atoms with Crippen LogP contribution in [0.15, 0.2) is 23.4 Å². The van der Waals surface area contributed by atoms with Crippen molar-refractivity contribution in [3.63, 3.8) is 0 Å². The molecule has 1 aliphatic carbocycles. The number of hydrogen-bond acceptors (Lipinski definition) is 4. The van der Waals surface area contributed by atoms with Gasteiger partial charge in [-0.15, -0.1) is 0 Å². The second kappa shape index (κ2) is 8.46. The molecule has 0 aliphatic heterocycles. The number of sulfonamides is 1. The van der Waals surface area contributed by atoms with Crippen molar-refractivity contribution >= 4 is 10.0 Å². The van der Waals surface area contributed by atoms with Crippen LogP contribution >= 0.6 is 0 Å². The molecule has 1 unspecified atom stereocenters. The Morgan fingerprint density at radius 2 is 2.00 bits per heavy atom. The van der Waals surface area contributed by atoms with E-state index in [4.69, 9.17) is 4.74 Å². The molecule has 1 aliphatic rings. The summed E-state index contributed by atoms with van der Waals surface area (Å²) in [5.74, 6) is 0.477. The monoisotopic (exact) mass is 380 g/mol. The molecule has 142 valence electrons. The third-order valence-corrected chi connectivity index (χ3v) is 5.68. The first-order valence-electron chi connectivity index (χ1n) is 8.32. The first-order valence-corrected chi connectivity index (χ1v) is 9.81. The lowest BCUT2D eigenvalue weighted by atomic mass is 9.90. The van der Waals surface area contributed by atoms with Gasteiger partial charge in [0.05, 0.1) is 12.2 Å². The predicted molar refractivity (Wildman–Crippen MR) is 86.4 cm³/mol. The van der Waals surface area contributed by atoms with Crippen molar-refractivity contribution in [3.05, 3.63) is 23.9 Å². The summed E-state index contributed by atoms with van der Waals surface area (Å²) in [5.41, 5.74) is -1.28. The normalized spacial score (nSPS) is 18.2. The number of hydrogen-bond donors (Lipinski definition) is 1. The Kier molecular flexibility index (Phi) is 6.81. The molecule has 1 aromatic heterocycles. The first kappa shape index (κ1) is 20.1. The molecule has 1 atom stereocenters. The Bertz CT molecular complexity index is 659. The van der Waals surface area contributed by atoms with E-state index in [1.165, 1.54) is 19.3 Å². The third kappa shape index (κ3) is 5.93. The predicted octanol–water partition coefficient (Wildman–Crippen LogP) is 3.36. The van der Waals surface area contributed by atoms with Crippen LogP contribution in [-0.4, -0.2) is 32.7 Å². The maximum absolute atomic E-state index is 13.0. The van der Waals surface area contributed by atoms with Gasteiger partial charge in [0, 0.05) is 18.8 Å². The topological polar surface area (TPSA) is 68.3 Å². The molecule has 1 aromatic rings. The highest BCUT2D eigenvalue weighted by molar-refractivity contribution is 7.89. The summed E-state index contributed by atoms with van der Waals surface area (Å²) in [6.45, 7) is 2.20. The summed E-state index contributed by atoms with van der Waals surface area (Å²) >= 11 is 0. The molecule has 2 rings (SSSR count). The Labute approximate surface area is 146 Å². The molecule has 0 radical (unpaired) electrons. The van der Waals surface area contributed by atoms with Crippen molar-refractivity contribution in [2.24, 2.45) is 5.92 Å². The second-order valence-electron chi connectivity index (χ2n) is 6.42. The van der Waals surface area contributed by atoms with E-state index in [1.54, 1.807) is 6.92 Å². The van der Waals surface area contributed by atoms with E-state index in [1.807, 2.05) is 0 Å². The van der Waals surface area contributed by atoms with Gasteiger partial charge in [-0.25, -0.2) is 18.1 Å². The lowest BCUT2D eigenvalue weighted by molar-refractivity contribution is -0.140. The van der Waals surface area contributed by atoms with Gasteiger partial charge < -0.3 is 4.74 Å². The van der Waals surface area contributed by atoms with Gasteiger partial charge in [-0.3, -0.25) is 0 Å². The Balaban J connectivity index is 1.94. The quantitative estimate of drug-likeness (QED) is 0.788. The number of alkyl halides is 3. The zero-order chi connectivity index (χ0) is 18.5. The number of halogens is 3. The SMILES string of the molecule is CC(COCC1CCCCC1)NS(=O)(=O)c1ncccc1C(F)(F)F.